The monoisotopic (exact) mass is 248 g/mol. The van der Waals surface area contributed by atoms with E-state index in [2.05, 4.69) is 0 Å². The molecule has 0 unspecified atom stereocenters. The van der Waals surface area contributed by atoms with E-state index in [1.165, 1.54) is 6.07 Å². The van der Waals surface area contributed by atoms with Crippen LogP contribution in [0.4, 0.5) is 5.69 Å². The van der Waals surface area contributed by atoms with Crippen molar-refractivity contribution >= 4 is 22.9 Å². The Morgan fingerprint density at radius 1 is 1.29 bits per heavy atom. The summed E-state index contributed by atoms with van der Waals surface area (Å²) in [6.45, 7) is 0. The van der Waals surface area contributed by atoms with Crippen molar-refractivity contribution in [2.24, 2.45) is 5.73 Å². The van der Waals surface area contributed by atoms with Gasteiger partial charge in [-0.3, -0.25) is 10.1 Å². The van der Waals surface area contributed by atoms with Gasteiger partial charge >= 0.3 is 0 Å². The number of hydrogen-bond donors (Lipinski definition) is 1. The molecule has 0 saturated carbocycles. The second-order valence-electron chi connectivity index (χ2n) is 3.30. The molecule has 0 aliphatic carbocycles. The first-order chi connectivity index (χ1) is 8.09. The van der Waals surface area contributed by atoms with Gasteiger partial charge in [-0.1, -0.05) is 24.4 Å². The summed E-state index contributed by atoms with van der Waals surface area (Å²) in [7, 11) is 0. The molecule has 0 bridgehead atoms. The highest BCUT2D eigenvalue weighted by molar-refractivity contribution is 7.80. The number of rotatable bonds is 3. The molecule has 1 aromatic carbocycles. The average Bonchev–Trinajstić information content (AvgIpc) is 2.78. The third-order valence-corrected chi connectivity index (χ3v) is 2.42. The average molecular weight is 248 g/mol. The van der Waals surface area contributed by atoms with E-state index in [9.17, 15) is 10.1 Å². The molecule has 1 aromatic heterocycles. The molecule has 0 spiro atoms. The minimum absolute atomic E-state index is 0.0173. The number of hydrogen-bond acceptors (Lipinski definition) is 4. The molecule has 0 radical (unpaired) electrons. The standard InChI is InChI=1S/C11H8N2O3S/c12-11(17)10-6-5-9(16-10)7-3-1-2-4-8(7)13(14)15/h1-6H,(H2,12,17). The second-order valence-corrected chi connectivity index (χ2v) is 3.74. The highest BCUT2D eigenvalue weighted by Crippen LogP contribution is 2.30. The minimum Gasteiger partial charge on any atom is -0.453 e. The summed E-state index contributed by atoms with van der Waals surface area (Å²) in [5.74, 6) is 0.716. The van der Waals surface area contributed by atoms with Gasteiger partial charge in [-0.15, -0.1) is 0 Å². The maximum Gasteiger partial charge on any atom is 0.280 e. The molecule has 2 rings (SSSR count). The van der Waals surface area contributed by atoms with Crippen LogP contribution in [-0.2, 0) is 0 Å². The van der Waals surface area contributed by atoms with Crippen molar-refractivity contribution < 1.29 is 9.34 Å². The van der Waals surface area contributed by atoms with Crippen molar-refractivity contribution in [3.8, 4) is 11.3 Å². The Hall–Kier alpha value is -2.21. The van der Waals surface area contributed by atoms with Gasteiger partial charge in [-0.05, 0) is 18.2 Å². The topological polar surface area (TPSA) is 82.3 Å². The summed E-state index contributed by atoms with van der Waals surface area (Å²) >= 11 is 4.76. The summed E-state index contributed by atoms with van der Waals surface area (Å²) in [5.41, 5.74) is 5.79. The molecule has 5 nitrogen and oxygen atoms in total. The predicted octanol–water partition coefficient (Wildman–Crippen LogP) is 2.49. The highest BCUT2D eigenvalue weighted by Gasteiger charge is 2.17. The molecule has 0 amide bonds. The first kappa shape index (κ1) is 11.3. The van der Waals surface area contributed by atoms with E-state index in [4.69, 9.17) is 22.4 Å². The summed E-state index contributed by atoms with van der Waals surface area (Å²) in [4.78, 5) is 10.5. The van der Waals surface area contributed by atoms with Crippen LogP contribution in [0.15, 0.2) is 40.8 Å². The number of benzene rings is 1. The van der Waals surface area contributed by atoms with E-state index in [1.54, 1.807) is 30.3 Å². The molecule has 6 heteroatoms. The Labute approximate surface area is 102 Å². The van der Waals surface area contributed by atoms with E-state index in [-0.39, 0.29) is 10.7 Å². The lowest BCUT2D eigenvalue weighted by molar-refractivity contribution is -0.384. The largest absolute Gasteiger partial charge is 0.453 e. The fraction of sp³-hybridized carbons (Fsp3) is 0. The number of nitrogens with zero attached hydrogens (tertiary/aromatic N) is 1. The van der Waals surface area contributed by atoms with Gasteiger partial charge in [0, 0.05) is 6.07 Å². The Balaban J connectivity index is 2.52. The Morgan fingerprint density at radius 2 is 2.00 bits per heavy atom. The first-order valence-electron chi connectivity index (χ1n) is 4.73. The van der Waals surface area contributed by atoms with Crippen LogP contribution in [0.25, 0.3) is 11.3 Å². The van der Waals surface area contributed by atoms with Crippen LogP contribution >= 0.6 is 12.2 Å². The Bertz CT molecular complexity index is 592. The Kier molecular flexibility index (Phi) is 2.88. The molecule has 2 aromatic rings. The smallest absolute Gasteiger partial charge is 0.280 e. The van der Waals surface area contributed by atoms with Crippen molar-refractivity contribution in [3.05, 3.63) is 52.3 Å². The molecule has 0 atom stereocenters. The predicted molar refractivity (Wildman–Crippen MR) is 66.7 cm³/mol. The maximum absolute atomic E-state index is 10.8. The zero-order valence-electron chi connectivity index (χ0n) is 8.62. The summed E-state index contributed by atoms with van der Waals surface area (Å²) in [6, 6.07) is 9.52. The van der Waals surface area contributed by atoms with E-state index in [0.29, 0.717) is 17.1 Å². The molecule has 0 aliphatic heterocycles. The van der Waals surface area contributed by atoms with Crippen molar-refractivity contribution in [1.82, 2.24) is 0 Å². The molecular formula is C11H8N2O3S. The number of nitro benzene ring substituents is 1. The van der Waals surface area contributed by atoms with Crippen LogP contribution in [0.5, 0.6) is 0 Å². The van der Waals surface area contributed by atoms with E-state index < -0.39 is 4.92 Å². The van der Waals surface area contributed by atoms with Gasteiger partial charge in [0.1, 0.15) is 10.7 Å². The van der Waals surface area contributed by atoms with Gasteiger partial charge in [-0.2, -0.15) is 0 Å². The Morgan fingerprint density at radius 3 is 2.59 bits per heavy atom. The van der Waals surface area contributed by atoms with Crippen molar-refractivity contribution in [2.45, 2.75) is 0 Å². The van der Waals surface area contributed by atoms with E-state index >= 15 is 0 Å². The molecule has 17 heavy (non-hydrogen) atoms. The van der Waals surface area contributed by atoms with Crippen molar-refractivity contribution in [3.63, 3.8) is 0 Å². The number of furan rings is 1. The fourth-order valence-electron chi connectivity index (χ4n) is 1.46. The van der Waals surface area contributed by atoms with E-state index in [1.807, 2.05) is 0 Å². The molecule has 1 heterocycles. The second kappa shape index (κ2) is 4.34. The van der Waals surface area contributed by atoms with Crippen LogP contribution in [0.2, 0.25) is 0 Å². The summed E-state index contributed by atoms with van der Waals surface area (Å²) < 4.78 is 5.35. The third kappa shape index (κ3) is 2.16. The fourth-order valence-corrected chi connectivity index (χ4v) is 1.57. The van der Waals surface area contributed by atoms with Gasteiger partial charge in [0.25, 0.3) is 5.69 Å². The number of thiocarbonyl (C=S) groups is 1. The SMILES string of the molecule is NC(=S)c1ccc(-c2ccccc2[N+](=O)[O-])o1. The summed E-state index contributed by atoms with van der Waals surface area (Å²) in [5, 5.41) is 10.8. The lowest BCUT2D eigenvalue weighted by atomic mass is 10.1. The molecule has 0 saturated heterocycles. The molecular weight excluding hydrogens is 240 g/mol. The summed E-state index contributed by atoms with van der Waals surface area (Å²) in [6.07, 6.45) is 0. The zero-order valence-corrected chi connectivity index (χ0v) is 9.44. The first-order valence-corrected chi connectivity index (χ1v) is 5.14. The van der Waals surface area contributed by atoms with E-state index in [0.717, 1.165) is 0 Å². The zero-order chi connectivity index (χ0) is 12.4. The van der Waals surface area contributed by atoms with Crippen molar-refractivity contribution in [2.75, 3.05) is 0 Å². The molecule has 2 N–H and O–H groups in total. The van der Waals surface area contributed by atoms with Gasteiger partial charge in [0.15, 0.2) is 5.76 Å². The third-order valence-electron chi connectivity index (χ3n) is 2.22. The van der Waals surface area contributed by atoms with Gasteiger partial charge < -0.3 is 10.2 Å². The number of nitrogens with two attached hydrogens (primary N) is 1. The van der Waals surface area contributed by atoms with Crippen LogP contribution in [0.1, 0.15) is 5.76 Å². The molecule has 86 valence electrons. The normalized spacial score (nSPS) is 10.1. The van der Waals surface area contributed by atoms with Crippen LogP contribution in [0, 0.1) is 10.1 Å². The van der Waals surface area contributed by atoms with Gasteiger partial charge in [0.05, 0.1) is 10.5 Å². The van der Waals surface area contributed by atoms with Crippen LogP contribution in [0.3, 0.4) is 0 Å². The van der Waals surface area contributed by atoms with Gasteiger partial charge in [0.2, 0.25) is 0 Å². The van der Waals surface area contributed by atoms with Crippen LogP contribution in [-0.4, -0.2) is 9.91 Å². The maximum atomic E-state index is 10.8. The lowest BCUT2D eigenvalue weighted by Gasteiger charge is -1.98. The highest BCUT2D eigenvalue weighted by atomic mass is 32.1. The van der Waals surface area contributed by atoms with Gasteiger partial charge in [-0.25, -0.2) is 0 Å². The van der Waals surface area contributed by atoms with Crippen molar-refractivity contribution in [1.29, 1.82) is 0 Å². The molecule has 0 fully saturated rings. The molecule has 0 aliphatic rings. The lowest BCUT2D eigenvalue weighted by Crippen LogP contribution is -2.07. The minimum atomic E-state index is -0.460. The number of para-hydroxylation sites is 1. The van der Waals surface area contributed by atoms with Crippen LogP contribution < -0.4 is 5.73 Å². The number of nitro groups is 1. The quantitative estimate of drug-likeness (QED) is 0.512.